The molecular weight excluding hydrogens is 391 g/mol. The number of carbonyl (C=O) groups is 1. The van der Waals surface area contributed by atoms with Crippen LogP contribution < -0.4 is 16.0 Å². The lowest BCUT2D eigenvalue weighted by molar-refractivity contribution is -0.119. The maximum absolute atomic E-state index is 11.8. The van der Waals surface area contributed by atoms with Gasteiger partial charge in [0.25, 0.3) is 0 Å². The summed E-state index contributed by atoms with van der Waals surface area (Å²) in [5, 5.41) is 9.12. The molecule has 1 atom stereocenters. The molecule has 1 rings (SSSR count). The van der Waals surface area contributed by atoms with Crippen molar-refractivity contribution in [1.82, 2.24) is 16.0 Å². The SMILES string of the molecule is CCC(C)NC(=NC)NCC(=O)NCCc1ccccc1.I. The van der Waals surface area contributed by atoms with Crippen LogP contribution in [0.2, 0.25) is 0 Å². The number of rotatable bonds is 7. The molecule has 1 aromatic carbocycles. The number of nitrogens with zero attached hydrogens (tertiary/aromatic N) is 1. The van der Waals surface area contributed by atoms with Crippen LogP contribution in [0.3, 0.4) is 0 Å². The molecular formula is C16H27IN4O. The van der Waals surface area contributed by atoms with Crippen molar-refractivity contribution in [3.8, 4) is 0 Å². The third-order valence-corrected chi connectivity index (χ3v) is 3.21. The predicted molar refractivity (Wildman–Crippen MR) is 103 cm³/mol. The highest BCUT2D eigenvalue weighted by Gasteiger charge is 2.05. The van der Waals surface area contributed by atoms with Crippen LogP contribution in [-0.2, 0) is 11.2 Å². The molecule has 5 nitrogen and oxygen atoms in total. The first-order chi connectivity index (χ1) is 10.2. The van der Waals surface area contributed by atoms with Crippen LogP contribution in [0, 0.1) is 0 Å². The Morgan fingerprint density at radius 3 is 2.50 bits per heavy atom. The summed E-state index contributed by atoms with van der Waals surface area (Å²) < 4.78 is 0. The lowest BCUT2D eigenvalue weighted by Crippen LogP contribution is -2.46. The summed E-state index contributed by atoms with van der Waals surface area (Å²) in [7, 11) is 1.70. The van der Waals surface area contributed by atoms with Gasteiger partial charge in [-0.3, -0.25) is 9.79 Å². The number of halogens is 1. The van der Waals surface area contributed by atoms with Gasteiger partial charge < -0.3 is 16.0 Å². The second-order valence-electron chi connectivity index (χ2n) is 4.96. The summed E-state index contributed by atoms with van der Waals surface area (Å²) in [4.78, 5) is 15.8. The minimum atomic E-state index is -0.0296. The van der Waals surface area contributed by atoms with E-state index in [-0.39, 0.29) is 36.4 Å². The fourth-order valence-electron chi connectivity index (χ4n) is 1.75. The molecule has 0 aliphatic carbocycles. The number of guanidine groups is 1. The van der Waals surface area contributed by atoms with Gasteiger partial charge in [0.1, 0.15) is 0 Å². The number of hydrogen-bond acceptors (Lipinski definition) is 2. The van der Waals surface area contributed by atoms with Crippen molar-refractivity contribution in [2.75, 3.05) is 20.1 Å². The van der Waals surface area contributed by atoms with Gasteiger partial charge in [-0.15, -0.1) is 24.0 Å². The van der Waals surface area contributed by atoms with Gasteiger partial charge in [-0.1, -0.05) is 37.3 Å². The average molecular weight is 418 g/mol. The van der Waals surface area contributed by atoms with Gasteiger partial charge in [0.05, 0.1) is 6.54 Å². The van der Waals surface area contributed by atoms with E-state index in [2.05, 4.69) is 46.9 Å². The van der Waals surface area contributed by atoms with E-state index in [1.54, 1.807) is 7.05 Å². The van der Waals surface area contributed by atoms with E-state index in [0.717, 1.165) is 12.8 Å². The molecule has 0 aromatic heterocycles. The number of hydrogen-bond donors (Lipinski definition) is 3. The molecule has 0 heterocycles. The van der Waals surface area contributed by atoms with E-state index >= 15 is 0 Å². The fourth-order valence-corrected chi connectivity index (χ4v) is 1.75. The second kappa shape index (κ2) is 12.3. The molecule has 3 N–H and O–H groups in total. The summed E-state index contributed by atoms with van der Waals surface area (Å²) >= 11 is 0. The Morgan fingerprint density at radius 2 is 1.91 bits per heavy atom. The van der Waals surface area contributed by atoms with Crippen molar-refractivity contribution in [2.45, 2.75) is 32.7 Å². The van der Waals surface area contributed by atoms with Gasteiger partial charge >= 0.3 is 0 Å². The quantitative estimate of drug-likeness (QED) is 0.360. The molecule has 1 unspecified atom stereocenters. The van der Waals surface area contributed by atoms with E-state index in [0.29, 0.717) is 18.5 Å². The highest BCUT2D eigenvalue weighted by Crippen LogP contribution is 1.97. The van der Waals surface area contributed by atoms with E-state index in [1.807, 2.05) is 18.2 Å². The summed E-state index contributed by atoms with van der Waals surface area (Å²) in [6.07, 6.45) is 1.84. The standard InChI is InChI=1S/C16H26N4O.HI/c1-4-13(2)20-16(17-3)19-12-15(21)18-11-10-14-8-6-5-7-9-14;/h5-9,13H,4,10-12H2,1-3H3,(H,18,21)(H2,17,19,20);1H. The molecule has 0 fully saturated rings. The van der Waals surface area contributed by atoms with Crippen LogP contribution >= 0.6 is 24.0 Å². The van der Waals surface area contributed by atoms with Crippen LogP contribution in [0.1, 0.15) is 25.8 Å². The van der Waals surface area contributed by atoms with Crippen molar-refractivity contribution in [1.29, 1.82) is 0 Å². The molecule has 124 valence electrons. The lowest BCUT2D eigenvalue weighted by atomic mass is 10.1. The highest BCUT2D eigenvalue weighted by atomic mass is 127. The first kappa shape index (κ1) is 20.7. The number of amides is 1. The molecule has 1 amide bonds. The third-order valence-electron chi connectivity index (χ3n) is 3.21. The zero-order valence-corrected chi connectivity index (χ0v) is 15.9. The highest BCUT2D eigenvalue weighted by molar-refractivity contribution is 14.0. The average Bonchev–Trinajstić information content (AvgIpc) is 2.52. The molecule has 6 heteroatoms. The monoisotopic (exact) mass is 418 g/mol. The van der Waals surface area contributed by atoms with Crippen molar-refractivity contribution in [3.63, 3.8) is 0 Å². The van der Waals surface area contributed by atoms with E-state index < -0.39 is 0 Å². The molecule has 0 aliphatic heterocycles. The third kappa shape index (κ3) is 8.86. The zero-order valence-electron chi connectivity index (χ0n) is 13.6. The van der Waals surface area contributed by atoms with Crippen molar-refractivity contribution < 1.29 is 4.79 Å². The van der Waals surface area contributed by atoms with E-state index in [9.17, 15) is 4.79 Å². The normalized spacial score (nSPS) is 12.0. The van der Waals surface area contributed by atoms with Crippen molar-refractivity contribution in [2.24, 2.45) is 4.99 Å². The van der Waals surface area contributed by atoms with Gasteiger partial charge in [0.2, 0.25) is 5.91 Å². The predicted octanol–water partition coefficient (Wildman–Crippen LogP) is 1.93. The van der Waals surface area contributed by atoms with Crippen LogP contribution in [-0.4, -0.2) is 38.0 Å². The first-order valence-corrected chi connectivity index (χ1v) is 7.43. The van der Waals surface area contributed by atoms with Crippen molar-refractivity contribution in [3.05, 3.63) is 35.9 Å². The number of carbonyl (C=O) groups excluding carboxylic acids is 1. The van der Waals surface area contributed by atoms with Gasteiger partial charge in [-0.25, -0.2) is 0 Å². The molecule has 0 spiro atoms. The Bertz CT molecular complexity index is 451. The summed E-state index contributed by atoms with van der Waals surface area (Å²) in [5.41, 5.74) is 1.22. The van der Waals surface area contributed by atoms with Crippen molar-refractivity contribution >= 4 is 35.8 Å². The van der Waals surface area contributed by atoms with Crippen LogP contribution in [0.25, 0.3) is 0 Å². The molecule has 0 aliphatic rings. The Kier molecular flexibility index (Phi) is 11.5. The molecule has 1 aromatic rings. The number of nitrogens with one attached hydrogen (secondary N) is 3. The topological polar surface area (TPSA) is 65.5 Å². The maximum atomic E-state index is 11.8. The summed E-state index contributed by atoms with van der Waals surface area (Å²) in [6.45, 7) is 5.04. The Labute approximate surface area is 150 Å². The van der Waals surface area contributed by atoms with E-state index in [4.69, 9.17) is 0 Å². The molecule has 0 bridgehead atoms. The van der Waals surface area contributed by atoms with Crippen LogP contribution in [0.4, 0.5) is 0 Å². The van der Waals surface area contributed by atoms with Crippen LogP contribution in [0.15, 0.2) is 35.3 Å². The number of benzene rings is 1. The maximum Gasteiger partial charge on any atom is 0.239 e. The lowest BCUT2D eigenvalue weighted by Gasteiger charge is -2.16. The largest absolute Gasteiger partial charge is 0.354 e. The van der Waals surface area contributed by atoms with Gasteiger partial charge in [-0.05, 0) is 25.3 Å². The van der Waals surface area contributed by atoms with Crippen LogP contribution in [0.5, 0.6) is 0 Å². The summed E-state index contributed by atoms with van der Waals surface area (Å²) in [5.74, 6) is 0.626. The Hall–Kier alpha value is -1.31. The summed E-state index contributed by atoms with van der Waals surface area (Å²) in [6, 6.07) is 10.4. The Balaban J connectivity index is 0.00000441. The van der Waals surface area contributed by atoms with Gasteiger partial charge in [0, 0.05) is 19.6 Å². The Morgan fingerprint density at radius 1 is 1.23 bits per heavy atom. The first-order valence-electron chi connectivity index (χ1n) is 7.43. The smallest absolute Gasteiger partial charge is 0.239 e. The zero-order chi connectivity index (χ0) is 15.5. The fraction of sp³-hybridized carbons (Fsp3) is 0.500. The molecule has 0 saturated heterocycles. The second-order valence-corrected chi connectivity index (χ2v) is 4.96. The number of aliphatic imine (C=N–C) groups is 1. The van der Waals surface area contributed by atoms with E-state index in [1.165, 1.54) is 5.56 Å². The van der Waals surface area contributed by atoms with Gasteiger partial charge in [-0.2, -0.15) is 0 Å². The molecule has 22 heavy (non-hydrogen) atoms. The minimum Gasteiger partial charge on any atom is -0.354 e. The minimum absolute atomic E-state index is 0. The molecule has 0 saturated carbocycles. The van der Waals surface area contributed by atoms with Gasteiger partial charge in [0.15, 0.2) is 5.96 Å². The molecule has 0 radical (unpaired) electrons.